The molecule has 0 saturated carbocycles. The molecule has 1 aliphatic heterocycles. The van der Waals surface area contributed by atoms with Gasteiger partial charge in [-0.3, -0.25) is 4.57 Å². The van der Waals surface area contributed by atoms with Gasteiger partial charge in [-0.15, -0.1) is 0 Å². The Balaban J connectivity index is 1.98. The van der Waals surface area contributed by atoms with Crippen molar-refractivity contribution in [1.29, 1.82) is 0 Å². The van der Waals surface area contributed by atoms with E-state index in [1.807, 2.05) is 6.07 Å². The van der Waals surface area contributed by atoms with E-state index in [1.165, 1.54) is 10.6 Å². The molecule has 0 aliphatic carbocycles. The maximum absolute atomic E-state index is 13.3. The molecule has 4 rings (SSSR count). The number of nitrogens with one attached hydrogen (secondary N) is 2. The van der Waals surface area contributed by atoms with Gasteiger partial charge < -0.3 is 10.6 Å². The van der Waals surface area contributed by atoms with Crippen molar-refractivity contribution in [3.63, 3.8) is 0 Å². The summed E-state index contributed by atoms with van der Waals surface area (Å²) in [4.78, 5) is 17.0. The molecule has 0 bridgehead atoms. The van der Waals surface area contributed by atoms with Crippen LogP contribution >= 0.6 is 0 Å². The van der Waals surface area contributed by atoms with Gasteiger partial charge in [0.1, 0.15) is 5.82 Å². The standard InChI is InChI=1S/C20H19F3N4O/c1-12-4-2-3-5-16(12)27-17-10-13(20(21,22)23)6-7-15(17)18(26-19(27)28)25-14-8-9-24-11-14/h2-7,10,14,24H,8-9,11H2,1H3,(H,25,26,28)/t14-/m0/s1. The Labute approximate surface area is 159 Å². The normalized spacial score (nSPS) is 17.2. The molecule has 8 heteroatoms. The van der Waals surface area contributed by atoms with E-state index >= 15 is 0 Å². The highest BCUT2D eigenvalue weighted by Gasteiger charge is 2.31. The summed E-state index contributed by atoms with van der Waals surface area (Å²) in [7, 11) is 0. The van der Waals surface area contributed by atoms with E-state index in [2.05, 4.69) is 15.6 Å². The number of alkyl halides is 3. The molecule has 0 unspecified atom stereocenters. The summed E-state index contributed by atoms with van der Waals surface area (Å²) in [5.74, 6) is 0.312. The van der Waals surface area contributed by atoms with Crippen molar-refractivity contribution in [3.05, 3.63) is 64.1 Å². The van der Waals surface area contributed by atoms with Gasteiger partial charge in [-0.05, 0) is 49.7 Å². The molecule has 0 spiro atoms. The Hall–Kier alpha value is -2.87. The molecular formula is C20H19F3N4O. The SMILES string of the molecule is Cc1ccccc1-n1c(=O)nc(N[C@H]2CCNC2)c2ccc(C(F)(F)F)cc21. The number of halogens is 3. The summed E-state index contributed by atoms with van der Waals surface area (Å²) in [6.45, 7) is 3.36. The van der Waals surface area contributed by atoms with E-state index in [1.54, 1.807) is 25.1 Å². The molecule has 1 aromatic heterocycles. The monoisotopic (exact) mass is 388 g/mol. The zero-order valence-corrected chi connectivity index (χ0v) is 15.2. The van der Waals surface area contributed by atoms with Crippen LogP contribution in [0.5, 0.6) is 0 Å². The fourth-order valence-corrected chi connectivity index (χ4v) is 3.53. The van der Waals surface area contributed by atoms with Crippen molar-refractivity contribution in [1.82, 2.24) is 14.9 Å². The fraction of sp³-hybridized carbons (Fsp3) is 0.300. The number of nitrogens with zero attached hydrogens (tertiary/aromatic N) is 2. The number of rotatable bonds is 3. The quantitative estimate of drug-likeness (QED) is 0.721. The molecule has 146 valence electrons. The van der Waals surface area contributed by atoms with Gasteiger partial charge in [0.15, 0.2) is 0 Å². The Morgan fingerprint density at radius 3 is 2.68 bits per heavy atom. The van der Waals surface area contributed by atoms with E-state index in [-0.39, 0.29) is 11.6 Å². The molecule has 2 aromatic carbocycles. The first kappa shape index (κ1) is 18.5. The van der Waals surface area contributed by atoms with Gasteiger partial charge in [0, 0.05) is 18.0 Å². The predicted molar refractivity (Wildman–Crippen MR) is 102 cm³/mol. The summed E-state index contributed by atoms with van der Waals surface area (Å²) in [6.07, 6.45) is -3.66. The topological polar surface area (TPSA) is 59.0 Å². The summed E-state index contributed by atoms with van der Waals surface area (Å²) < 4.78 is 41.2. The largest absolute Gasteiger partial charge is 0.416 e. The highest BCUT2D eigenvalue weighted by atomic mass is 19.4. The number of hydrogen-bond acceptors (Lipinski definition) is 4. The van der Waals surface area contributed by atoms with Crippen molar-refractivity contribution < 1.29 is 13.2 Å². The van der Waals surface area contributed by atoms with E-state index in [0.717, 1.165) is 30.7 Å². The Kier molecular flexibility index (Phi) is 4.58. The zero-order valence-electron chi connectivity index (χ0n) is 15.2. The molecule has 1 saturated heterocycles. The third-order valence-electron chi connectivity index (χ3n) is 4.98. The van der Waals surface area contributed by atoms with Gasteiger partial charge in [0.25, 0.3) is 0 Å². The van der Waals surface area contributed by atoms with Crippen LogP contribution in [0, 0.1) is 6.92 Å². The second-order valence-corrected chi connectivity index (χ2v) is 6.93. The number of fused-ring (bicyclic) bond motifs is 1. The number of anilines is 1. The van der Waals surface area contributed by atoms with E-state index in [0.29, 0.717) is 23.4 Å². The Morgan fingerprint density at radius 2 is 2.00 bits per heavy atom. The average Bonchev–Trinajstić information content (AvgIpc) is 3.15. The minimum absolute atomic E-state index is 0.0757. The van der Waals surface area contributed by atoms with Crippen LogP contribution < -0.4 is 16.3 Å². The van der Waals surface area contributed by atoms with Crippen LogP contribution in [0.2, 0.25) is 0 Å². The number of aromatic nitrogens is 2. The van der Waals surface area contributed by atoms with Gasteiger partial charge in [0.05, 0.1) is 16.8 Å². The third-order valence-corrected chi connectivity index (χ3v) is 4.98. The van der Waals surface area contributed by atoms with Crippen LogP contribution in [0.1, 0.15) is 17.5 Å². The fourth-order valence-electron chi connectivity index (χ4n) is 3.53. The molecule has 1 atom stereocenters. The summed E-state index contributed by atoms with van der Waals surface area (Å²) >= 11 is 0. The minimum Gasteiger partial charge on any atom is -0.365 e. The molecule has 3 aromatic rings. The molecule has 1 aliphatic rings. The lowest BCUT2D eigenvalue weighted by Gasteiger charge is -2.18. The molecule has 2 heterocycles. The van der Waals surface area contributed by atoms with Gasteiger partial charge in [0.2, 0.25) is 0 Å². The van der Waals surface area contributed by atoms with Crippen LogP contribution in [0.15, 0.2) is 47.3 Å². The molecular weight excluding hydrogens is 369 g/mol. The van der Waals surface area contributed by atoms with E-state index in [4.69, 9.17) is 0 Å². The van der Waals surface area contributed by atoms with Crippen LogP contribution in [0.3, 0.4) is 0 Å². The third kappa shape index (κ3) is 3.35. The Bertz CT molecular complexity index is 1080. The number of para-hydroxylation sites is 1. The number of benzene rings is 2. The number of hydrogen-bond donors (Lipinski definition) is 2. The van der Waals surface area contributed by atoms with Crippen LogP contribution in [-0.4, -0.2) is 28.7 Å². The lowest BCUT2D eigenvalue weighted by Crippen LogP contribution is -2.28. The average molecular weight is 388 g/mol. The second kappa shape index (κ2) is 6.94. The van der Waals surface area contributed by atoms with Crippen LogP contribution in [-0.2, 0) is 6.18 Å². The summed E-state index contributed by atoms with van der Waals surface area (Å²) in [5.41, 5.74) is 0.0396. The van der Waals surface area contributed by atoms with Crippen molar-refractivity contribution in [2.24, 2.45) is 0 Å². The van der Waals surface area contributed by atoms with E-state index < -0.39 is 17.4 Å². The van der Waals surface area contributed by atoms with Gasteiger partial charge >= 0.3 is 11.9 Å². The molecule has 2 N–H and O–H groups in total. The first-order valence-electron chi connectivity index (χ1n) is 9.02. The van der Waals surface area contributed by atoms with Crippen molar-refractivity contribution in [2.45, 2.75) is 25.6 Å². The van der Waals surface area contributed by atoms with Crippen molar-refractivity contribution in [3.8, 4) is 5.69 Å². The summed E-state index contributed by atoms with van der Waals surface area (Å²) in [5, 5.41) is 6.89. The number of aryl methyl sites for hydroxylation is 1. The highest BCUT2D eigenvalue weighted by Crippen LogP contribution is 2.33. The van der Waals surface area contributed by atoms with Crippen LogP contribution in [0.25, 0.3) is 16.6 Å². The maximum Gasteiger partial charge on any atom is 0.416 e. The zero-order chi connectivity index (χ0) is 19.9. The molecule has 0 amide bonds. The van der Waals surface area contributed by atoms with Gasteiger partial charge in [-0.2, -0.15) is 18.2 Å². The molecule has 1 fully saturated rings. The highest BCUT2D eigenvalue weighted by molar-refractivity contribution is 5.91. The lowest BCUT2D eigenvalue weighted by molar-refractivity contribution is -0.137. The first-order valence-corrected chi connectivity index (χ1v) is 9.02. The minimum atomic E-state index is -4.51. The van der Waals surface area contributed by atoms with Gasteiger partial charge in [-0.25, -0.2) is 4.79 Å². The molecule has 5 nitrogen and oxygen atoms in total. The first-order chi connectivity index (χ1) is 13.3. The smallest absolute Gasteiger partial charge is 0.365 e. The Morgan fingerprint density at radius 1 is 1.21 bits per heavy atom. The van der Waals surface area contributed by atoms with E-state index in [9.17, 15) is 18.0 Å². The second-order valence-electron chi connectivity index (χ2n) is 6.93. The predicted octanol–water partition coefficient (Wildman–Crippen LogP) is 3.49. The summed E-state index contributed by atoms with van der Waals surface area (Å²) in [6, 6.07) is 10.5. The van der Waals surface area contributed by atoms with Crippen molar-refractivity contribution in [2.75, 3.05) is 18.4 Å². The van der Waals surface area contributed by atoms with Crippen LogP contribution in [0.4, 0.5) is 19.0 Å². The maximum atomic E-state index is 13.3. The molecule has 0 radical (unpaired) electrons. The van der Waals surface area contributed by atoms with Gasteiger partial charge in [-0.1, -0.05) is 18.2 Å². The lowest BCUT2D eigenvalue weighted by atomic mass is 10.1. The molecule has 28 heavy (non-hydrogen) atoms. The van der Waals surface area contributed by atoms with Crippen molar-refractivity contribution >= 4 is 16.7 Å².